The summed E-state index contributed by atoms with van der Waals surface area (Å²) in [6, 6.07) is 4.18. The van der Waals surface area contributed by atoms with E-state index in [9.17, 15) is 0 Å². The van der Waals surface area contributed by atoms with Crippen LogP contribution >= 0.6 is 0 Å². The Balaban J connectivity index is 2.77. The third-order valence-corrected chi connectivity index (χ3v) is 2.90. The maximum Gasteiger partial charge on any atom is 0.132 e. The minimum atomic E-state index is 0.905. The second-order valence-corrected chi connectivity index (χ2v) is 4.20. The number of aromatic nitrogens is 1. The van der Waals surface area contributed by atoms with Crippen LogP contribution in [0.3, 0.4) is 0 Å². The molecule has 0 unspecified atom stereocenters. The van der Waals surface area contributed by atoms with Crippen LogP contribution in [-0.2, 0) is 6.54 Å². The number of anilines is 1. The van der Waals surface area contributed by atoms with Crippen molar-refractivity contribution < 1.29 is 0 Å². The Labute approximate surface area is 105 Å². The molecule has 1 heterocycles. The first kappa shape index (κ1) is 14.0. The van der Waals surface area contributed by atoms with Crippen molar-refractivity contribution in [3.05, 3.63) is 23.9 Å². The fraction of sp³-hybridized carbons (Fsp3) is 0.643. The predicted molar refractivity (Wildman–Crippen MR) is 74.4 cm³/mol. The van der Waals surface area contributed by atoms with Crippen molar-refractivity contribution in [3.63, 3.8) is 0 Å². The Morgan fingerprint density at radius 3 is 2.76 bits per heavy atom. The van der Waals surface area contributed by atoms with Gasteiger partial charge in [0.05, 0.1) is 0 Å². The molecule has 1 aromatic heterocycles. The average molecular weight is 235 g/mol. The first-order chi connectivity index (χ1) is 8.33. The van der Waals surface area contributed by atoms with Gasteiger partial charge < -0.3 is 10.2 Å². The van der Waals surface area contributed by atoms with E-state index >= 15 is 0 Å². The van der Waals surface area contributed by atoms with Crippen molar-refractivity contribution in [2.24, 2.45) is 0 Å². The molecular weight excluding hydrogens is 210 g/mol. The Morgan fingerprint density at radius 2 is 2.12 bits per heavy atom. The van der Waals surface area contributed by atoms with Gasteiger partial charge in [-0.3, -0.25) is 0 Å². The molecule has 1 aromatic rings. The minimum Gasteiger partial charge on any atom is -0.357 e. The van der Waals surface area contributed by atoms with Crippen molar-refractivity contribution in [3.8, 4) is 0 Å². The molecule has 0 aliphatic rings. The van der Waals surface area contributed by atoms with E-state index in [2.05, 4.69) is 42.0 Å². The molecule has 0 fully saturated rings. The van der Waals surface area contributed by atoms with Gasteiger partial charge in [-0.2, -0.15) is 0 Å². The van der Waals surface area contributed by atoms with Gasteiger partial charge in [0.15, 0.2) is 0 Å². The second-order valence-electron chi connectivity index (χ2n) is 4.20. The third-order valence-electron chi connectivity index (χ3n) is 2.90. The highest BCUT2D eigenvalue weighted by Crippen LogP contribution is 2.17. The molecule has 0 atom stereocenters. The molecule has 1 rings (SSSR count). The second kappa shape index (κ2) is 8.07. The van der Waals surface area contributed by atoms with Crippen LogP contribution in [0.1, 0.15) is 39.2 Å². The first-order valence-corrected chi connectivity index (χ1v) is 6.73. The van der Waals surface area contributed by atoms with Crippen LogP contribution in [0.15, 0.2) is 18.3 Å². The fourth-order valence-corrected chi connectivity index (χ4v) is 1.88. The van der Waals surface area contributed by atoms with Crippen molar-refractivity contribution in [1.82, 2.24) is 10.3 Å². The third kappa shape index (κ3) is 4.35. The molecule has 0 bridgehead atoms. The van der Waals surface area contributed by atoms with E-state index in [0.717, 1.165) is 32.0 Å². The maximum atomic E-state index is 4.54. The lowest BCUT2D eigenvalue weighted by atomic mass is 10.2. The number of rotatable bonds is 8. The number of hydrogen-bond donors (Lipinski definition) is 1. The van der Waals surface area contributed by atoms with Crippen molar-refractivity contribution in [2.45, 2.75) is 40.2 Å². The number of hydrogen-bond acceptors (Lipinski definition) is 3. The number of nitrogens with one attached hydrogen (secondary N) is 1. The standard InChI is InChI=1S/C14H25N3/c1-4-7-11-17(6-3)14-13(12-15-5-2)9-8-10-16-14/h8-10,15H,4-7,11-12H2,1-3H3. The molecule has 0 aliphatic heterocycles. The molecule has 0 amide bonds. The summed E-state index contributed by atoms with van der Waals surface area (Å²) >= 11 is 0. The summed E-state index contributed by atoms with van der Waals surface area (Å²) < 4.78 is 0. The van der Waals surface area contributed by atoms with Gasteiger partial charge in [-0.15, -0.1) is 0 Å². The Bertz CT molecular complexity index is 312. The Kier molecular flexibility index (Phi) is 6.63. The lowest BCUT2D eigenvalue weighted by Crippen LogP contribution is -2.27. The van der Waals surface area contributed by atoms with E-state index in [1.165, 1.54) is 18.4 Å². The van der Waals surface area contributed by atoms with Crippen molar-refractivity contribution in [1.29, 1.82) is 0 Å². The lowest BCUT2D eigenvalue weighted by Gasteiger charge is -2.24. The van der Waals surface area contributed by atoms with E-state index < -0.39 is 0 Å². The zero-order chi connectivity index (χ0) is 12.5. The molecule has 0 aliphatic carbocycles. The van der Waals surface area contributed by atoms with Crippen LogP contribution in [0.4, 0.5) is 5.82 Å². The Hall–Kier alpha value is -1.09. The minimum absolute atomic E-state index is 0.905. The quantitative estimate of drug-likeness (QED) is 0.751. The van der Waals surface area contributed by atoms with E-state index in [0.29, 0.717) is 0 Å². The van der Waals surface area contributed by atoms with Gasteiger partial charge in [-0.1, -0.05) is 26.3 Å². The van der Waals surface area contributed by atoms with E-state index in [4.69, 9.17) is 0 Å². The van der Waals surface area contributed by atoms with Gasteiger partial charge in [-0.05, 0) is 26.0 Å². The zero-order valence-electron chi connectivity index (χ0n) is 11.4. The van der Waals surface area contributed by atoms with Gasteiger partial charge in [-0.25, -0.2) is 4.98 Å². The molecule has 17 heavy (non-hydrogen) atoms. The van der Waals surface area contributed by atoms with Gasteiger partial charge >= 0.3 is 0 Å². The summed E-state index contributed by atoms with van der Waals surface area (Å²) in [7, 11) is 0. The van der Waals surface area contributed by atoms with Crippen molar-refractivity contribution in [2.75, 3.05) is 24.5 Å². The number of unbranched alkanes of at least 4 members (excludes halogenated alkanes) is 1. The van der Waals surface area contributed by atoms with E-state index in [1.807, 2.05) is 12.3 Å². The highest BCUT2D eigenvalue weighted by molar-refractivity contribution is 5.46. The highest BCUT2D eigenvalue weighted by Gasteiger charge is 2.09. The zero-order valence-corrected chi connectivity index (χ0v) is 11.4. The molecule has 0 spiro atoms. The molecule has 0 saturated carbocycles. The van der Waals surface area contributed by atoms with Crippen LogP contribution in [0.25, 0.3) is 0 Å². The van der Waals surface area contributed by atoms with Crippen LogP contribution in [0.5, 0.6) is 0 Å². The molecule has 0 saturated heterocycles. The van der Waals surface area contributed by atoms with Gasteiger partial charge in [0.1, 0.15) is 5.82 Å². The van der Waals surface area contributed by atoms with Gasteiger partial charge in [0, 0.05) is 31.4 Å². The summed E-state index contributed by atoms with van der Waals surface area (Å²) in [5.41, 5.74) is 1.30. The maximum absolute atomic E-state index is 4.54. The van der Waals surface area contributed by atoms with Crippen molar-refractivity contribution >= 4 is 5.82 Å². The molecule has 1 N–H and O–H groups in total. The summed E-state index contributed by atoms with van der Waals surface area (Å²) in [6.07, 6.45) is 4.34. The molecule has 96 valence electrons. The molecule has 3 nitrogen and oxygen atoms in total. The van der Waals surface area contributed by atoms with Crippen LogP contribution < -0.4 is 10.2 Å². The predicted octanol–water partition coefficient (Wildman–Crippen LogP) is 2.82. The summed E-state index contributed by atoms with van der Waals surface area (Å²) in [5, 5.41) is 3.37. The first-order valence-electron chi connectivity index (χ1n) is 6.73. The largest absolute Gasteiger partial charge is 0.357 e. The Morgan fingerprint density at radius 1 is 1.29 bits per heavy atom. The number of nitrogens with zero attached hydrogens (tertiary/aromatic N) is 2. The van der Waals surface area contributed by atoms with Crippen LogP contribution in [-0.4, -0.2) is 24.6 Å². The van der Waals surface area contributed by atoms with E-state index in [-0.39, 0.29) is 0 Å². The SMILES string of the molecule is CCCCN(CC)c1ncccc1CNCC. The summed E-state index contributed by atoms with van der Waals surface area (Å²) in [6.45, 7) is 10.6. The van der Waals surface area contributed by atoms with Gasteiger partial charge in [0.25, 0.3) is 0 Å². The molecular formula is C14H25N3. The van der Waals surface area contributed by atoms with Crippen LogP contribution in [0.2, 0.25) is 0 Å². The number of pyridine rings is 1. The molecule has 0 aromatic carbocycles. The van der Waals surface area contributed by atoms with Crippen LogP contribution in [0, 0.1) is 0 Å². The fourth-order valence-electron chi connectivity index (χ4n) is 1.88. The summed E-state index contributed by atoms with van der Waals surface area (Å²) in [5.74, 6) is 1.14. The van der Waals surface area contributed by atoms with Gasteiger partial charge in [0.2, 0.25) is 0 Å². The smallest absolute Gasteiger partial charge is 0.132 e. The highest BCUT2D eigenvalue weighted by atomic mass is 15.2. The molecule has 3 heteroatoms. The lowest BCUT2D eigenvalue weighted by molar-refractivity contribution is 0.696. The monoisotopic (exact) mass is 235 g/mol. The van der Waals surface area contributed by atoms with E-state index in [1.54, 1.807) is 0 Å². The molecule has 0 radical (unpaired) electrons. The normalized spacial score (nSPS) is 10.5. The average Bonchev–Trinajstić information content (AvgIpc) is 2.38. The summed E-state index contributed by atoms with van der Waals surface area (Å²) in [4.78, 5) is 6.91. The topological polar surface area (TPSA) is 28.2 Å².